The van der Waals surface area contributed by atoms with E-state index in [2.05, 4.69) is 15.5 Å². The van der Waals surface area contributed by atoms with Gasteiger partial charge >= 0.3 is 0 Å². The monoisotopic (exact) mass is 353 g/mol. The predicted octanol–water partition coefficient (Wildman–Crippen LogP) is 4.10. The van der Waals surface area contributed by atoms with Crippen LogP contribution >= 0.6 is 0 Å². The quantitative estimate of drug-likeness (QED) is 0.754. The summed E-state index contributed by atoms with van der Waals surface area (Å²) in [6.07, 6.45) is 3.18. The number of nitrogens with one attached hydrogen (secondary N) is 1. The van der Waals surface area contributed by atoms with Gasteiger partial charge in [0.25, 0.3) is 0 Å². The lowest BCUT2D eigenvalue weighted by Gasteiger charge is -2.15. The van der Waals surface area contributed by atoms with Crippen molar-refractivity contribution in [3.63, 3.8) is 0 Å². The van der Waals surface area contributed by atoms with Gasteiger partial charge in [0.1, 0.15) is 17.5 Å². The Morgan fingerprint density at radius 1 is 0.885 bits per heavy atom. The van der Waals surface area contributed by atoms with Gasteiger partial charge in [-0.3, -0.25) is 0 Å². The summed E-state index contributed by atoms with van der Waals surface area (Å²) in [6.45, 7) is 0.614. The first-order chi connectivity index (χ1) is 12.7. The van der Waals surface area contributed by atoms with Crippen LogP contribution in [-0.4, -0.2) is 16.7 Å². The van der Waals surface area contributed by atoms with Crippen LogP contribution in [0.4, 0.5) is 13.2 Å². The Morgan fingerprint density at radius 3 is 2.38 bits per heavy atom. The normalized spacial score (nSPS) is 13.7. The topological polar surface area (TPSA) is 37.8 Å². The maximum absolute atomic E-state index is 15.2. The molecule has 0 spiro atoms. The Balaban J connectivity index is 1.91. The second-order valence-corrected chi connectivity index (χ2v) is 5.91. The van der Waals surface area contributed by atoms with Crippen molar-refractivity contribution in [2.24, 2.45) is 0 Å². The highest BCUT2D eigenvalue weighted by Gasteiger charge is 2.23. The van der Waals surface area contributed by atoms with E-state index in [1.807, 2.05) is 0 Å². The van der Waals surface area contributed by atoms with Crippen molar-refractivity contribution in [3.8, 4) is 11.3 Å². The molecule has 0 radical (unpaired) electrons. The zero-order valence-electron chi connectivity index (χ0n) is 13.6. The smallest absolute Gasteiger partial charge is 0.137 e. The van der Waals surface area contributed by atoms with E-state index in [-0.39, 0.29) is 12.1 Å². The Labute approximate surface area is 148 Å². The van der Waals surface area contributed by atoms with Gasteiger partial charge in [0.05, 0.1) is 11.3 Å². The molecule has 1 N–H and O–H groups in total. The molecule has 1 aliphatic rings. The van der Waals surface area contributed by atoms with Gasteiger partial charge in [-0.2, -0.15) is 10.2 Å². The SMILES string of the molecule is Fc1cccc(F)c1C1=CCNCc2c1ccc(-c1cccnn1)c2F. The second kappa shape index (κ2) is 6.72. The molecule has 0 saturated heterocycles. The minimum absolute atomic E-state index is 0.149. The zero-order valence-corrected chi connectivity index (χ0v) is 13.6. The van der Waals surface area contributed by atoms with Crippen LogP contribution in [-0.2, 0) is 6.54 Å². The summed E-state index contributed by atoms with van der Waals surface area (Å²) >= 11 is 0. The van der Waals surface area contributed by atoms with Crippen molar-refractivity contribution in [2.45, 2.75) is 6.54 Å². The molecule has 6 heteroatoms. The number of nitrogens with zero attached hydrogens (tertiary/aromatic N) is 2. The van der Waals surface area contributed by atoms with Gasteiger partial charge in [0.15, 0.2) is 0 Å². The van der Waals surface area contributed by atoms with Crippen LogP contribution in [0.5, 0.6) is 0 Å². The lowest BCUT2D eigenvalue weighted by Crippen LogP contribution is -2.13. The third-order valence-corrected chi connectivity index (χ3v) is 4.37. The molecule has 0 unspecified atom stereocenters. The number of rotatable bonds is 2. The molecular formula is C20H14F3N3. The number of benzene rings is 2. The van der Waals surface area contributed by atoms with E-state index in [1.54, 1.807) is 30.3 Å². The number of fused-ring (bicyclic) bond motifs is 1. The van der Waals surface area contributed by atoms with Crippen LogP contribution < -0.4 is 5.32 Å². The Morgan fingerprint density at radius 2 is 1.65 bits per heavy atom. The molecule has 2 aromatic carbocycles. The summed E-state index contributed by atoms with van der Waals surface area (Å²) < 4.78 is 43.8. The second-order valence-electron chi connectivity index (χ2n) is 5.91. The summed E-state index contributed by atoms with van der Waals surface area (Å²) in [5.74, 6) is -1.83. The third kappa shape index (κ3) is 2.78. The van der Waals surface area contributed by atoms with Crippen LogP contribution in [0.25, 0.3) is 16.8 Å². The molecule has 130 valence electrons. The van der Waals surface area contributed by atoms with E-state index in [0.717, 1.165) is 0 Å². The van der Waals surface area contributed by atoms with E-state index in [1.165, 1.54) is 24.4 Å². The van der Waals surface area contributed by atoms with Gasteiger partial charge < -0.3 is 5.32 Å². The maximum atomic E-state index is 15.2. The predicted molar refractivity (Wildman–Crippen MR) is 92.6 cm³/mol. The minimum atomic E-state index is -0.678. The fraction of sp³-hybridized carbons (Fsp3) is 0.100. The molecule has 0 amide bonds. The molecule has 26 heavy (non-hydrogen) atoms. The molecule has 2 heterocycles. The van der Waals surface area contributed by atoms with Gasteiger partial charge in [0.2, 0.25) is 0 Å². The van der Waals surface area contributed by atoms with Crippen LogP contribution in [0.1, 0.15) is 16.7 Å². The van der Waals surface area contributed by atoms with E-state index in [4.69, 9.17) is 0 Å². The molecule has 3 aromatic rings. The summed E-state index contributed by atoms with van der Waals surface area (Å²) in [5, 5.41) is 10.8. The first kappa shape index (κ1) is 16.5. The highest BCUT2D eigenvalue weighted by molar-refractivity contribution is 5.84. The molecule has 0 atom stereocenters. The lowest BCUT2D eigenvalue weighted by atomic mass is 9.91. The molecular weight excluding hydrogens is 339 g/mol. The molecule has 1 aromatic heterocycles. The first-order valence-electron chi connectivity index (χ1n) is 8.12. The summed E-state index contributed by atoms with van der Waals surface area (Å²) in [5.41, 5.74) is 1.70. The van der Waals surface area contributed by atoms with E-state index >= 15 is 4.39 Å². The summed E-state index contributed by atoms with van der Waals surface area (Å²) in [7, 11) is 0. The van der Waals surface area contributed by atoms with Gasteiger partial charge in [0, 0.05) is 30.4 Å². The minimum Gasteiger partial charge on any atom is -0.309 e. The zero-order chi connectivity index (χ0) is 18.1. The Bertz CT molecular complexity index is 980. The van der Waals surface area contributed by atoms with Gasteiger partial charge in [-0.05, 0) is 41.5 Å². The first-order valence-corrected chi connectivity index (χ1v) is 8.12. The Hall–Kier alpha value is -2.99. The average Bonchev–Trinajstić information content (AvgIpc) is 2.86. The third-order valence-electron chi connectivity index (χ3n) is 4.37. The van der Waals surface area contributed by atoms with Crippen LogP contribution in [0.3, 0.4) is 0 Å². The van der Waals surface area contributed by atoms with Gasteiger partial charge in [-0.25, -0.2) is 13.2 Å². The molecule has 4 rings (SSSR count). The highest BCUT2D eigenvalue weighted by Crippen LogP contribution is 2.35. The van der Waals surface area contributed by atoms with Crippen molar-refractivity contribution in [1.82, 2.24) is 15.5 Å². The van der Waals surface area contributed by atoms with Crippen molar-refractivity contribution >= 4 is 5.57 Å². The van der Waals surface area contributed by atoms with E-state index in [0.29, 0.717) is 34.5 Å². The van der Waals surface area contributed by atoms with Crippen LogP contribution in [0.15, 0.2) is 54.7 Å². The number of halogens is 3. The molecule has 0 bridgehead atoms. The molecule has 0 aliphatic carbocycles. The van der Waals surface area contributed by atoms with Crippen LogP contribution in [0, 0.1) is 17.5 Å². The summed E-state index contributed by atoms with van der Waals surface area (Å²) in [6, 6.07) is 10.3. The largest absolute Gasteiger partial charge is 0.309 e. The fourth-order valence-electron chi connectivity index (χ4n) is 3.16. The van der Waals surface area contributed by atoms with E-state index < -0.39 is 17.5 Å². The summed E-state index contributed by atoms with van der Waals surface area (Å²) in [4.78, 5) is 0. The number of hydrogen-bond acceptors (Lipinski definition) is 3. The van der Waals surface area contributed by atoms with Crippen molar-refractivity contribution < 1.29 is 13.2 Å². The average molecular weight is 353 g/mol. The highest BCUT2D eigenvalue weighted by atomic mass is 19.1. The van der Waals surface area contributed by atoms with Crippen molar-refractivity contribution in [3.05, 3.63) is 88.9 Å². The molecule has 3 nitrogen and oxygen atoms in total. The van der Waals surface area contributed by atoms with Crippen molar-refractivity contribution in [1.29, 1.82) is 0 Å². The number of hydrogen-bond donors (Lipinski definition) is 1. The van der Waals surface area contributed by atoms with Crippen molar-refractivity contribution in [2.75, 3.05) is 6.54 Å². The fourth-order valence-corrected chi connectivity index (χ4v) is 3.16. The van der Waals surface area contributed by atoms with Crippen LogP contribution in [0.2, 0.25) is 0 Å². The molecule has 0 fully saturated rings. The number of aromatic nitrogens is 2. The van der Waals surface area contributed by atoms with Gasteiger partial charge in [-0.1, -0.05) is 18.2 Å². The molecule has 1 aliphatic heterocycles. The maximum Gasteiger partial charge on any atom is 0.137 e. The van der Waals surface area contributed by atoms with Gasteiger partial charge in [-0.15, -0.1) is 0 Å². The van der Waals surface area contributed by atoms with E-state index in [9.17, 15) is 8.78 Å². The molecule has 0 saturated carbocycles. The lowest BCUT2D eigenvalue weighted by molar-refractivity contribution is 0.577. The Kier molecular flexibility index (Phi) is 4.26. The standard InChI is InChI=1S/C20H14F3N3/c21-16-3-1-4-17(22)19(16)13-8-10-24-11-15-12(13)6-7-14(20(15)23)18-5-2-9-25-26-18/h1-9,24H,10-11H2.